The Morgan fingerprint density at radius 1 is 1.12 bits per heavy atom. The Bertz CT molecular complexity index is 1310. The Morgan fingerprint density at radius 2 is 1.78 bits per heavy atom. The number of sulfone groups is 1. The second-order valence-corrected chi connectivity index (χ2v) is 10.0. The number of methoxy groups -OCH3 is 1. The van der Waals surface area contributed by atoms with Crippen LogP contribution in [0.3, 0.4) is 0 Å². The van der Waals surface area contributed by atoms with Crippen molar-refractivity contribution >= 4 is 55.1 Å². The average Bonchev–Trinajstić information content (AvgIpc) is 2.78. The van der Waals surface area contributed by atoms with E-state index in [0.29, 0.717) is 15.7 Å². The third-order valence-corrected chi connectivity index (χ3v) is 7.27. The summed E-state index contributed by atoms with van der Waals surface area (Å²) in [7, 11) is -2.76. The fourth-order valence-electron chi connectivity index (χ4n) is 2.51. The van der Waals surface area contributed by atoms with Gasteiger partial charge in [0, 0.05) is 10.2 Å². The molecule has 2 N–H and O–H groups in total. The van der Waals surface area contributed by atoms with Crippen molar-refractivity contribution in [2.45, 2.75) is 14.9 Å². The molecule has 32 heavy (non-hydrogen) atoms. The van der Waals surface area contributed by atoms with Crippen molar-refractivity contribution in [3.63, 3.8) is 0 Å². The smallest absolute Gasteiger partial charge is 0.337 e. The summed E-state index contributed by atoms with van der Waals surface area (Å²) in [6.45, 7) is 0. The maximum absolute atomic E-state index is 12.7. The number of hydrogen-bond acceptors (Lipinski definition) is 8. The molecule has 0 aliphatic rings. The number of carbonyl (C=O) groups is 2. The molecule has 0 aliphatic heterocycles. The fraction of sp³-hybridized carbons (Fsp3) is 0.100. The Hall–Kier alpha value is -2.96. The molecule has 0 saturated heterocycles. The van der Waals surface area contributed by atoms with Crippen LogP contribution in [0.15, 0.2) is 78.9 Å². The Morgan fingerprint density at radius 3 is 2.38 bits per heavy atom. The van der Waals surface area contributed by atoms with Crippen LogP contribution in [-0.2, 0) is 19.4 Å². The van der Waals surface area contributed by atoms with Gasteiger partial charge in [0.2, 0.25) is 15.7 Å². The molecule has 1 heterocycles. The first-order valence-electron chi connectivity index (χ1n) is 8.91. The second kappa shape index (κ2) is 10.1. The van der Waals surface area contributed by atoms with E-state index < -0.39 is 26.3 Å². The van der Waals surface area contributed by atoms with E-state index >= 15 is 0 Å². The van der Waals surface area contributed by atoms with Gasteiger partial charge in [-0.3, -0.25) is 9.59 Å². The summed E-state index contributed by atoms with van der Waals surface area (Å²) in [6, 6.07) is 12.0. The van der Waals surface area contributed by atoms with Crippen molar-refractivity contribution < 1.29 is 22.7 Å². The lowest BCUT2D eigenvalue weighted by Gasteiger charge is -2.07. The average molecular weight is 538 g/mol. The normalized spacial score (nSPS) is 11.1. The molecule has 1 amide bonds. The molecule has 0 spiro atoms. The molecule has 3 rings (SSSR count). The summed E-state index contributed by atoms with van der Waals surface area (Å²) < 4.78 is 30.6. The van der Waals surface area contributed by atoms with Crippen LogP contribution in [0.2, 0.25) is 0 Å². The number of thioether (sulfide) groups is 1. The first-order valence-corrected chi connectivity index (χ1v) is 12.2. The van der Waals surface area contributed by atoms with Gasteiger partial charge in [0.15, 0.2) is 10.1 Å². The monoisotopic (exact) mass is 537 g/mol. The molecule has 9 nitrogen and oxygen atoms in total. The summed E-state index contributed by atoms with van der Waals surface area (Å²) in [5.74, 6) is -0.949. The van der Waals surface area contributed by atoms with Crippen molar-refractivity contribution in [1.82, 2.24) is 9.97 Å². The Kier molecular flexibility index (Phi) is 7.48. The number of aromatic amines is 1. The van der Waals surface area contributed by atoms with Crippen molar-refractivity contribution in [2.24, 2.45) is 0 Å². The number of H-pyrrole nitrogens is 1. The number of aromatic nitrogens is 2. The third-order valence-electron chi connectivity index (χ3n) is 4.09. The van der Waals surface area contributed by atoms with E-state index in [1.165, 1.54) is 31.4 Å². The van der Waals surface area contributed by atoms with Crippen LogP contribution in [-0.4, -0.2) is 43.1 Å². The van der Waals surface area contributed by atoms with E-state index in [2.05, 4.69) is 36.0 Å². The van der Waals surface area contributed by atoms with E-state index in [1.54, 1.807) is 24.3 Å². The molecule has 0 unspecified atom stereocenters. The van der Waals surface area contributed by atoms with E-state index in [4.69, 9.17) is 0 Å². The fourth-order valence-corrected chi connectivity index (χ4v) is 4.64. The molecule has 2 aromatic carbocycles. The van der Waals surface area contributed by atoms with Gasteiger partial charge >= 0.3 is 5.97 Å². The van der Waals surface area contributed by atoms with Gasteiger partial charge in [-0.05, 0) is 48.5 Å². The van der Waals surface area contributed by atoms with E-state index in [9.17, 15) is 22.8 Å². The molecular formula is C20H16BrN3O6S2. The number of nitrogens with one attached hydrogen (secondary N) is 2. The Labute approximate surface area is 195 Å². The molecule has 0 saturated carbocycles. The minimum absolute atomic E-state index is 0.0361. The van der Waals surface area contributed by atoms with Gasteiger partial charge in [-0.1, -0.05) is 27.7 Å². The first kappa shape index (κ1) is 23.7. The van der Waals surface area contributed by atoms with Crippen LogP contribution in [0, 0.1) is 0 Å². The summed E-state index contributed by atoms with van der Waals surface area (Å²) in [5.41, 5.74) is -0.00954. The molecule has 0 radical (unpaired) electrons. The highest BCUT2D eigenvalue weighted by Gasteiger charge is 2.22. The van der Waals surface area contributed by atoms with Crippen LogP contribution in [0.5, 0.6) is 0 Å². The van der Waals surface area contributed by atoms with Crippen molar-refractivity contribution in [2.75, 3.05) is 18.2 Å². The zero-order valence-corrected chi connectivity index (χ0v) is 19.7. The lowest BCUT2D eigenvalue weighted by molar-refractivity contribution is -0.113. The number of amides is 1. The molecule has 0 bridgehead atoms. The number of ether oxygens (including phenoxy) is 1. The maximum atomic E-state index is 12.7. The molecule has 0 aliphatic carbocycles. The van der Waals surface area contributed by atoms with Crippen LogP contribution in [0.4, 0.5) is 5.69 Å². The zero-order valence-electron chi connectivity index (χ0n) is 16.5. The highest BCUT2D eigenvalue weighted by atomic mass is 79.9. The highest BCUT2D eigenvalue weighted by molar-refractivity contribution is 9.10. The number of nitrogens with zero attached hydrogens (tertiary/aromatic N) is 1. The highest BCUT2D eigenvalue weighted by Crippen LogP contribution is 2.21. The molecule has 3 aromatic rings. The van der Waals surface area contributed by atoms with Gasteiger partial charge in [-0.25, -0.2) is 18.2 Å². The van der Waals surface area contributed by atoms with Gasteiger partial charge in [0.05, 0.1) is 29.5 Å². The molecule has 12 heteroatoms. The lowest BCUT2D eigenvalue weighted by Crippen LogP contribution is -2.20. The zero-order chi connectivity index (χ0) is 23.3. The van der Waals surface area contributed by atoms with Gasteiger partial charge in [0.25, 0.3) is 5.56 Å². The van der Waals surface area contributed by atoms with E-state index in [-0.39, 0.29) is 21.7 Å². The van der Waals surface area contributed by atoms with Crippen LogP contribution in [0.1, 0.15) is 10.4 Å². The number of rotatable bonds is 7. The summed E-state index contributed by atoms with van der Waals surface area (Å²) >= 11 is 4.16. The van der Waals surface area contributed by atoms with E-state index in [0.717, 1.165) is 18.0 Å². The van der Waals surface area contributed by atoms with Crippen LogP contribution in [0.25, 0.3) is 0 Å². The van der Waals surface area contributed by atoms with Crippen molar-refractivity contribution in [3.05, 3.63) is 75.1 Å². The van der Waals surface area contributed by atoms with Gasteiger partial charge in [0.1, 0.15) is 0 Å². The summed E-state index contributed by atoms with van der Waals surface area (Å²) in [6.07, 6.45) is 0.974. The number of benzene rings is 2. The lowest BCUT2D eigenvalue weighted by atomic mass is 10.2. The summed E-state index contributed by atoms with van der Waals surface area (Å²) in [4.78, 5) is 41.7. The first-order chi connectivity index (χ1) is 15.2. The largest absolute Gasteiger partial charge is 0.465 e. The molecule has 166 valence electrons. The van der Waals surface area contributed by atoms with Crippen LogP contribution >= 0.6 is 27.7 Å². The molecule has 0 fully saturated rings. The number of anilines is 1. The second-order valence-electron chi connectivity index (χ2n) is 6.24. The topological polar surface area (TPSA) is 135 Å². The predicted octanol–water partition coefficient (Wildman–Crippen LogP) is 2.88. The minimum Gasteiger partial charge on any atom is -0.465 e. The maximum Gasteiger partial charge on any atom is 0.337 e. The van der Waals surface area contributed by atoms with Gasteiger partial charge in [-0.15, -0.1) is 0 Å². The minimum atomic E-state index is -4.04. The SMILES string of the molecule is COC(=O)c1ccc(NC(=O)CSc2ncc(S(=O)(=O)c3ccc(Br)cc3)c(=O)[nH]2)cc1. The standard InChI is InChI=1S/C20H16BrN3O6S2/c1-30-19(27)12-2-6-14(7-3-12)23-17(25)11-31-20-22-10-16(18(26)24-20)32(28,29)15-8-4-13(21)5-9-15/h2-10H,11H2,1H3,(H,23,25)(H,22,24,26). The number of halogens is 1. The third kappa shape index (κ3) is 5.64. The quantitative estimate of drug-likeness (QED) is 0.266. The molecule has 1 aromatic heterocycles. The van der Waals surface area contributed by atoms with Crippen LogP contribution < -0.4 is 10.9 Å². The summed E-state index contributed by atoms with van der Waals surface area (Å²) in [5, 5.41) is 2.74. The number of carbonyl (C=O) groups excluding carboxylic acids is 2. The van der Waals surface area contributed by atoms with Gasteiger partial charge in [-0.2, -0.15) is 0 Å². The number of hydrogen-bond donors (Lipinski definition) is 2. The Balaban J connectivity index is 1.64. The van der Waals surface area contributed by atoms with Crippen molar-refractivity contribution in [1.29, 1.82) is 0 Å². The van der Waals surface area contributed by atoms with E-state index in [1.807, 2.05) is 0 Å². The predicted molar refractivity (Wildman–Crippen MR) is 122 cm³/mol. The van der Waals surface area contributed by atoms with Gasteiger partial charge < -0.3 is 15.0 Å². The number of esters is 1. The molecule has 0 atom stereocenters. The van der Waals surface area contributed by atoms with Crippen molar-refractivity contribution in [3.8, 4) is 0 Å². The molecular weight excluding hydrogens is 522 g/mol.